The summed E-state index contributed by atoms with van der Waals surface area (Å²) in [5.41, 5.74) is 5.73. The second-order valence-electron chi connectivity index (χ2n) is 5.88. The lowest BCUT2D eigenvalue weighted by Crippen LogP contribution is -2.38. The maximum absolute atomic E-state index is 11.4. The fraction of sp³-hybridized carbons (Fsp3) is 0.500. The van der Waals surface area contributed by atoms with Crippen molar-refractivity contribution in [3.8, 4) is 0 Å². The van der Waals surface area contributed by atoms with Gasteiger partial charge in [-0.25, -0.2) is 27.3 Å². The number of nitrogens with two attached hydrogens (primary N) is 1. The van der Waals surface area contributed by atoms with Crippen LogP contribution in [-0.4, -0.2) is 62.5 Å². The number of phosphoric ester groups is 2. The van der Waals surface area contributed by atoms with Crippen LogP contribution < -0.4 is 20.4 Å². The summed E-state index contributed by atoms with van der Waals surface area (Å²) in [6.45, 7) is -1.21. The standard InChI is InChI=1S/C10H15N5O13P2S/c11-8-5-9(13-2-12-8)15(3-14-5)10-6(16)7(27-29(17,18)19)4(26-10)1-25-30(20,21)28-31(22,23)24/h2-4,6-7,10,16H,1H2,(H,20,21)(H2,11,12,13)(H2,17,18,19)(H,22,23,24)/p-4/t4-,6?,7?,10-/m1/s1. The van der Waals surface area contributed by atoms with Gasteiger partial charge < -0.3 is 48.4 Å². The zero-order valence-electron chi connectivity index (χ0n) is 14.7. The average molecular weight is 503 g/mol. The van der Waals surface area contributed by atoms with Crippen LogP contribution in [0.5, 0.6) is 0 Å². The van der Waals surface area contributed by atoms with Crippen LogP contribution in [0.25, 0.3) is 11.2 Å². The Hall–Kier alpha value is -1.60. The SMILES string of the molecule is Nc1ncnc2c1ncn2[C@@H]1O[C@H](COP(=O)([O-])OS(=O)(=O)[O-])C(OP(=O)([O-])[O-])C1O. The summed E-state index contributed by atoms with van der Waals surface area (Å²) in [6, 6.07) is 0. The van der Waals surface area contributed by atoms with Crippen molar-refractivity contribution >= 4 is 43.0 Å². The van der Waals surface area contributed by atoms with Crippen molar-refractivity contribution in [3.63, 3.8) is 0 Å². The highest BCUT2D eigenvalue weighted by Gasteiger charge is 2.47. The van der Waals surface area contributed by atoms with Crippen LogP contribution in [-0.2, 0) is 37.3 Å². The molecule has 0 amide bonds. The summed E-state index contributed by atoms with van der Waals surface area (Å²) in [6.07, 6.45) is -5.14. The van der Waals surface area contributed by atoms with Crippen LogP contribution in [0.1, 0.15) is 6.23 Å². The predicted molar refractivity (Wildman–Crippen MR) is 86.5 cm³/mol. The van der Waals surface area contributed by atoms with Gasteiger partial charge in [0.15, 0.2) is 17.7 Å². The summed E-state index contributed by atoms with van der Waals surface area (Å²) in [5.74, 6) is -0.0456. The second-order valence-corrected chi connectivity index (χ2v) is 9.55. The molecule has 2 aromatic heterocycles. The average Bonchev–Trinajstić information content (AvgIpc) is 3.13. The summed E-state index contributed by atoms with van der Waals surface area (Å²) in [5, 5.41) is 10.4. The van der Waals surface area contributed by atoms with Gasteiger partial charge in [-0.3, -0.25) is 9.13 Å². The Morgan fingerprint density at radius 1 is 1.26 bits per heavy atom. The molecule has 18 nitrogen and oxygen atoms in total. The van der Waals surface area contributed by atoms with Gasteiger partial charge in [0.05, 0.1) is 20.8 Å². The van der Waals surface area contributed by atoms with Crippen molar-refractivity contribution in [1.29, 1.82) is 0 Å². The monoisotopic (exact) mass is 503 g/mol. The summed E-state index contributed by atoms with van der Waals surface area (Å²) < 4.78 is 71.8. The predicted octanol–water partition coefficient (Wildman–Crippen LogP) is -4.16. The number of imidazole rings is 1. The van der Waals surface area contributed by atoms with Crippen LogP contribution in [0.2, 0.25) is 0 Å². The number of fused-ring (bicyclic) bond motifs is 1. The van der Waals surface area contributed by atoms with Crippen molar-refractivity contribution in [2.45, 2.75) is 24.5 Å². The Morgan fingerprint density at radius 3 is 2.55 bits per heavy atom. The van der Waals surface area contributed by atoms with E-state index in [0.29, 0.717) is 0 Å². The van der Waals surface area contributed by atoms with Gasteiger partial charge >= 0.3 is 0 Å². The molecule has 1 aliphatic rings. The van der Waals surface area contributed by atoms with Gasteiger partial charge in [0.25, 0.3) is 7.82 Å². The molecule has 1 saturated heterocycles. The molecule has 0 radical (unpaired) electrons. The Labute approximate surface area is 172 Å². The highest BCUT2D eigenvalue weighted by molar-refractivity contribution is 7.85. The molecule has 0 spiro atoms. The number of nitrogen functional groups attached to an aromatic ring is 1. The maximum atomic E-state index is 11.4. The molecular weight excluding hydrogens is 492 g/mol. The minimum atomic E-state index is -5.74. The number of hydrogen-bond acceptors (Lipinski definition) is 17. The van der Waals surface area contributed by atoms with Crippen LogP contribution in [0.4, 0.5) is 5.82 Å². The number of nitrogens with zero attached hydrogens (tertiary/aromatic N) is 4. The largest absolute Gasteiger partial charge is 0.790 e. The third-order valence-electron chi connectivity index (χ3n) is 3.80. The lowest BCUT2D eigenvalue weighted by molar-refractivity contribution is -0.347. The lowest BCUT2D eigenvalue weighted by Gasteiger charge is -2.34. The Kier molecular flexibility index (Phi) is 6.51. The zero-order chi connectivity index (χ0) is 23.2. The highest BCUT2D eigenvalue weighted by Crippen LogP contribution is 2.44. The van der Waals surface area contributed by atoms with Crippen molar-refractivity contribution in [1.82, 2.24) is 19.5 Å². The molecule has 0 aromatic carbocycles. The number of ether oxygens (including phenoxy) is 1. The van der Waals surface area contributed by atoms with Gasteiger partial charge in [0, 0.05) is 0 Å². The molecular formula is C10H11N5O13P2S-4. The molecule has 174 valence electrons. The fourth-order valence-electron chi connectivity index (χ4n) is 2.72. The number of phosphoric acid groups is 2. The van der Waals surface area contributed by atoms with Gasteiger partial charge in [0.1, 0.15) is 30.2 Å². The van der Waals surface area contributed by atoms with E-state index < -0.39 is 57.2 Å². The molecule has 0 bridgehead atoms. The summed E-state index contributed by atoms with van der Waals surface area (Å²) in [4.78, 5) is 45.0. The molecule has 3 N–H and O–H groups in total. The van der Waals surface area contributed by atoms with Gasteiger partial charge in [-0.1, -0.05) is 0 Å². The highest BCUT2D eigenvalue weighted by atomic mass is 32.3. The van der Waals surface area contributed by atoms with Crippen LogP contribution in [0.15, 0.2) is 12.7 Å². The second kappa shape index (κ2) is 8.39. The third-order valence-corrected chi connectivity index (χ3v) is 6.23. The van der Waals surface area contributed by atoms with E-state index in [4.69, 9.17) is 10.5 Å². The number of aliphatic hydroxyl groups excluding tert-OH is 1. The third kappa shape index (κ3) is 5.80. The molecule has 3 unspecified atom stereocenters. The quantitative estimate of drug-likeness (QED) is 0.196. The van der Waals surface area contributed by atoms with E-state index in [1.165, 1.54) is 0 Å². The minimum absolute atomic E-state index is 0.0135. The van der Waals surface area contributed by atoms with Gasteiger partial charge in [0.2, 0.25) is 10.4 Å². The molecule has 31 heavy (non-hydrogen) atoms. The van der Waals surface area contributed by atoms with E-state index in [1.54, 1.807) is 0 Å². The summed E-state index contributed by atoms with van der Waals surface area (Å²) >= 11 is 0. The molecule has 1 fully saturated rings. The molecule has 21 heteroatoms. The topological polar surface area (TPSA) is 287 Å². The van der Waals surface area contributed by atoms with Crippen molar-refractivity contribution in [2.75, 3.05) is 12.3 Å². The van der Waals surface area contributed by atoms with Gasteiger partial charge in [-0.2, -0.15) is 0 Å². The van der Waals surface area contributed by atoms with Crippen molar-refractivity contribution < 1.29 is 59.6 Å². The fourth-order valence-corrected chi connectivity index (χ4v) is 4.67. The molecule has 3 heterocycles. The van der Waals surface area contributed by atoms with Crippen LogP contribution >= 0.6 is 15.6 Å². The van der Waals surface area contributed by atoms with E-state index >= 15 is 0 Å². The van der Waals surface area contributed by atoms with Crippen LogP contribution in [0.3, 0.4) is 0 Å². The smallest absolute Gasteiger partial charge is 0.282 e. The first kappa shape index (κ1) is 24.1. The van der Waals surface area contributed by atoms with Gasteiger partial charge in [-0.05, 0) is 0 Å². The first-order chi connectivity index (χ1) is 14.2. The lowest BCUT2D eigenvalue weighted by atomic mass is 10.1. The van der Waals surface area contributed by atoms with E-state index in [-0.39, 0.29) is 17.0 Å². The van der Waals surface area contributed by atoms with Crippen molar-refractivity contribution in [3.05, 3.63) is 12.7 Å². The minimum Gasteiger partial charge on any atom is -0.790 e. The summed E-state index contributed by atoms with van der Waals surface area (Å²) in [7, 11) is -17.2. The number of aliphatic hydroxyl groups is 1. The van der Waals surface area contributed by atoms with Crippen molar-refractivity contribution in [2.24, 2.45) is 0 Å². The van der Waals surface area contributed by atoms with E-state index in [0.717, 1.165) is 17.2 Å². The number of rotatable bonds is 8. The number of hydrogen-bond donors (Lipinski definition) is 2. The molecule has 1 aliphatic heterocycles. The number of anilines is 1. The Bertz CT molecular complexity index is 1170. The Morgan fingerprint density at radius 2 is 1.94 bits per heavy atom. The molecule has 3 rings (SSSR count). The molecule has 0 aliphatic carbocycles. The number of aromatic nitrogens is 4. The first-order valence-electron chi connectivity index (χ1n) is 7.76. The van der Waals surface area contributed by atoms with E-state index in [1.807, 2.05) is 0 Å². The van der Waals surface area contributed by atoms with E-state index in [2.05, 4.69) is 28.0 Å². The molecule has 5 atom stereocenters. The first-order valence-corrected chi connectivity index (χ1v) is 12.0. The molecule has 0 saturated carbocycles. The Balaban J connectivity index is 1.88. The van der Waals surface area contributed by atoms with E-state index in [9.17, 15) is 41.9 Å². The zero-order valence-corrected chi connectivity index (χ0v) is 17.3. The van der Waals surface area contributed by atoms with Crippen LogP contribution in [0, 0.1) is 0 Å². The molecule has 2 aromatic rings. The maximum Gasteiger partial charge on any atom is 0.282 e. The van der Waals surface area contributed by atoms with Gasteiger partial charge in [-0.15, -0.1) is 0 Å². The normalized spacial score (nSPS) is 26.9.